The van der Waals surface area contributed by atoms with E-state index >= 15 is 0 Å². The Labute approximate surface area is 181 Å². The molecule has 9 heteroatoms. The predicted octanol–water partition coefficient (Wildman–Crippen LogP) is 6.11. The zero-order valence-electron chi connectivity index (χ0n) is 17.0. The average molecular weight is 440 g/mol. The molecule has 0 saturated carbocycles. The standard InChI is InChI=1S/C23H19F3N4O2/c1-14-6-8-16(9-7-14)27-22(31)28-21-18-12-17(10-11-20(18)29-30-21)32-13-15-4-2-3-5-19(15)23(24,25)26/h2-12H,13H2,1H3,(H3,27,28,29,30,31). The van der Waals surface area contributed by atoms with Crippen LogP contribution in [0.15, 0.2) is 66.7 Å². The van der Waals surface area contributed by atoms with Gasteiger partial charge >= 0.3 is 12.2 Å². The van der Waals surface area contributed by atoms with Gasteiger partial charge in [0, 0.05) is 16.6 Å². The second-order valence-corrected chi connectivity index (χ2v) is 7.17. The van der Waals surface area contributed by atoms with Crippen molar-refractivity contribution in [1.29, 1.82) is 0 Å². The van der Waals surface area contributed by atoms with Crippen molar-refractivity contribution < 1.29 is 22.7 Å². The summed E-state index contributed by atoms with van der Waals surface area (Å²) in [5, 5.41) is 12.8. The number of fused-ring (bicyclic) bond motifs is 1. The first-order valence-corrected chi connectivity index (χ1v) is 9.70. The fraction of sp³-hybridized carbons (Fsp3) is 0.130. The van der Waals surface area contributed by atoms with Crippen molar-refractivity contribution in [2.24, 2.45) is 0 Å². The van der Waals surface area contributed by atoms with Crippen LogP contribution in [-0.4, -0.2) is 16.2 Å². The summed E-state index contributed by atoms with van der Waals surface area (Å²) in [7, 11) is 0. The topological polar surface area (TPSA) is 79.0 Å². The number of aromatic amines is 1. The van der Waals surface area contributed by atoms with Gasteiger partial charge in [0.25, 0.3) is 0 Å². The van der Waals surface area contributed by atoms with E-state index in [-0.39, 0.29) is 18.0 Å². The average Bonchev–Trinajstić information content (AvgIpc) is 3.15. The van der Waals surface area contributed by atoms with Gasteiger partial charge in [-0.1, -0.05) is 35.9 Å². The lowest BCUT2D eigenvalue weighted by Gasteiger charge is -2.13. The highest BCUT2D eigenvalue weighted by Gasteiger charge is 2.33. The number of H-pyrrole nitrogens is 1. The molecule has 6 nitrogen and oxygen atoms in total. The number of benzene rings is 3. The van der Waals surface area contributed by atoms with Crippen LogP contribution in [0.2, 0.25) is 0 Å². The van der Waals surface area contributed by atoms with E-state index in [0.717, 1.165) is 11.6 Å². The number of nitrogens with zero attached hydrogens (tertiary/aromatic N) is 1. The molecule has 2 amide bonds. The zero-order chi connectivity index (χ0) is 22.7. The third-order valence-electron chi connectivity index (χ3n) is 4.79. The second-order valence-electron chi connectivity index (χ2n) is 7.17. The van der Waals surface area contributed by atoms with Gasteiger partial charge in [-0.2, -0.15) is 18.3 Å². The predicted molar refractivity (Wildman–Crippen MR) is 116 cm³/mol. The van der Waals surface area contributed by atoms with E-state index in [4.69, 9.17) is 4.74 Å². The fourth-order valence-corrected chi connectivity index (χ4v) is 3.17. The largest absolute Gasteiger partial charge is 0.489 e. The number of urea groups is 1. The number of carbonyl (C=O) groups excluding carboxylic acids is 1. The van der Waals surface area contributed by atoms with E-state index in [1.807, 2.05) is 19.1 Å². The van der Waals surface area contributed by atoms with Crippen LogP contribution in [0.5, 0.6) is 5.75 Å². The molecule has 0 fully saturated rings. The number of carbonyl (C=O) groups is 1. The van der Waals surface area contributed by atoms with Gasteiger partial charge in [0.2, 0.25) is 0 Å². The Hall–Kier alpha value is -4.01. The Balaban J connectivity index is 1.48. The van der Waals surface area contributed by atoms with Gasteiger partial charge < -0.3 is 10.1 Å². The van der Waals surface area contributed by atoms with Gasteiger partial charge in [-0.05, 0) is 43.3 Å². The number of rotatable bonds is 5. The quantitative estimate of drug-likeness (QED) is 0.350. The van der Waals surface area contributed by atoms with E-state index in [2.05, 4.69) is 20.8 Å². The Morgan fingerprint density at radius 2 is 1.78 bits per heavy atom. The summed E-state index contributed by atoms with van der Waals surface area (Å²) in [6, 6.07) is 17.0. The highest BCUT2D eigenvalue weighted by atomic mass is 19.4. The van der Waals surface area contributed by atoms with Gasteiger partial charge in [-0.15, -0.1) is 0 Å². The highest BCUT2D eigenvalue weighted by molar-refractivity contribution is 6.04. The van der Waals surface area contributed by atoms with Crippen LogP contribution in [0, 0.1) is 6.92 Å². The van der Waals surface area contributed by atoms with Crippen molar-refractivity contribution in [3.8, 4) is 5.75 Å². The number of hydrogen-bond donors (Lipinski definition) is 3. The molecule has 0 aliphatic rings. The SMILES string of the molecule is Cc1ccc(NC(=O)Nc2n[nH]c3ccc(OCc4ccccc4C(F)(F)F)cc23)cc1. The molecule has 32 heavy (non-hydrogen) atoms. The van der Waals surface area contributed by atoms with Crippen LogP contribution in [0.4, 0.5) is 29.5 Å². The third kappa shape index (κ3) is 4.83. The number of alkyl halides is 3. The van der Waals surface area contributed by atoms with E-state index in [1.54, 1.807) is 30.3 Å². The summed E-state index contributed by atoms with van der Waals surface area (Å²) in [4.78, 5) is 12.3. The maximum absolute atomic E-state index is 13.2. The summed E-state index contributed by atoms with van der Waals surface area (Å²) < 4.78 is 45.1. The van der Waals surface area contributed by atoms with Gasteiger partial charge in [-0.25, -0.2) is 4.79 Å². The van der Waals surface area contributed by atoms with Crippen LogP contribution in [-0.2, 0) is 12.8 Å². The molecule has 0 unspecified atom stereocenters. The van der Waals surface area contributed by atoms with Gasteiger partial charge in [0.15, 0.2) is 5.82 Å². The second kappa shape index (κ2) is 8.62. The van der Waals surface area contributed by atoms with Crippen LogP contribution in [0.25, 0.3) is 10.9 Å². The summed E-state index contributed by atoms with van der Waals surface area (Å²) in [5.41, 5.74) is 1.63. The Morgan fingerprint density at radius 1 is 1.03 bits per heavy atom. The lowest BCUT2D eigenvalue weighted by Crippen LogP contribution is -2.19. The smallest absolute Gasteiger partial charge is 0.416 e. The minimum absolute atomic E-state index is 0.0307. The fourth-order valence-electron chi connectivity index (χ4n) is 3.17. The van der Waals surface area contributed by atoms with Gasteiger partial charge in [0.05, 0.1) is 11.1 Å². The lowest BCUT2D eigenvalue weighted by atomic mass is 10.1. The molecule has 0 atom stereocenters. The number of hydrogen-bond acceptors (Lipinski definition) is 3. The number of aromatic nitrogens is 2. The molecule has 4 rings (SSSR count). The number of nitrogens with one attached hydrogen (secondary N) is 3. The van der Waals surface area contributed by atoms with E-state index in [0.29, 0.717) is 22.3 Å². The highest BCUT2D eigenvalue weighted by Crippen LogP contribution is 2.33. The number of anilines is 2. The van der Waals surface area contributed by atoms with Crippen LogP contribution in [0.3, 0.4) is 0 Å². The minimum atomic E-state index is -4.46. The van der Waals surface area contributed by atoms with Crippen LogP contribution < -0.4 is 15.4 Å². The maximum Gasteiger partial charge on any atom is 0.416 e. The molecule has 0 aliphatic heterocycles. The van der Waals surface area contributed by atoms with Crippen molar-refractivity contribution in [2.75, 3.05) is 10.6 Å². The first-order valence-electron chi connectivity index (χ1n) is 9.70. The van der Waals surface area contributed by atoms with Crippen LogP contribution >= 0.6 is 0 Å². The van der Waals surface area contributed by atoms with Crippen LogP contribution in [0.1, 0.15) is 16.7 Å². The molecule has 4 aromatic rings. The Bertz CT molecular complexity index is 1250. The summed E-state index contributed by atoms with van der Waals surface area (Å²) in [6.45, 7) is 1.69. The number of halogens is 3. The molecule has 1 aromatic heterocycles. The molecule has 0 radical (unpaired) electrons. The van der Waals surface area contributed by atoms with E-state index in [1.165, 1.54) is 18.2 Å². The molecule has 164 valence electrons. The van der Waals surface area contributed by atoms with Gasteiger partial charge in [0.1, 0.15) is 12.4 Å². The number of amides is 2. The van der Waals surface area contributed by atoms with Crippen molar-refractivity contribution in [3.63, 3.8) is 0 Å². The van der Waals surface area contributed by atoms with Gasteiger partial charge in [-0.3, -0.25) is 10.4 Å². The number of ether oxygens (including phenoxy) is 1. The van der Waals surface area contributed by atoms with Crippen molar-refractivity contribution in [1.82, 2.24) is 10.2 Å². The molecule has 0 saturated heterocycles. The monoisotopic (exact) mass is 440 g/mol. The molecule has 3 aromatic carbocycles. The molecule has 0 aliphatic carbocycles. The molecule has 3 N–H and O–H groups in total. The summed E-state index contributed by atoms with van der Waals surface area (Å²) in [5.74, 6) is 0.614. The molecule has 1 heterocycles. The number of aryl methyl sites for hydroxylation is 1. The minimum Gasteiger partial charge on any atom is -0.489 e. The first kappa shape index (κ1) is 21.2. The Morgan fingerprint density at radius 3 is 2.53 bits per heavy atom. The maximum atomic E-state index is 13.2. The lowest BCUT2D eigenvalue weighted by molar-refractivity contribution is -0.138. The van der Waals surface area contributed by atoms with Crippen molar-refractivity contribution in [2.45, 2.75) is 19.7 Å². The molecular formula is C23H19F3N4O2. The normalized spacial score (nSPS) is 11.4. The molecular weight excluding hydrogens is 421 g/mol. The third-order valence-corrected chi connectivity index (χ3v) is 4.79. The summed E-state index contributed by atoms with van der Waals surface area (Å²) in [6.07, 6.45) is -4.46. The zero-order valence-corrected chi connectivity index (χ0v) is 17.0. The van der Waals surface area contributed by atoms with E-state index < -0.39 is 17.8 Å². The first-order chi connectivity index (χ1) is 15.3. The Kier molecular flexibility index (Phi) is 5.72. The molecule has 0 spiro atoms. The van der Waals surface area contributed by atoms with Crippen molar-refractivity contribution in [3.05, 3.63) is 83.4 Å². The van der Waals surface area contributed by atoms with Crippen molar-refractivity contribution >= 4 is 28.4 Å². The molecule has 0 bridgehead atoms. The van der Waals surface area contributed by atoms with E-state index in [9.17, 15) is 18.0 Å². The summed E-state index contributed by atoms with van der Waals surface area (Å²) >= 11 is 0.